The first-order valence-corrected chi connectivity index (χ1v) is 24.2. The Bertz CT molecular complexity index is 2870. The third kappa shape index (κ3) is 10.5. The molecule has 6 aromatic rings. The molecule has 4 aromatic carbocycles. The van der Waals surface area contributed by atoms with Gasteiger partial charge in [0, 0.05) is 50.5 Å². The molecule has 0 unspecified atom stereocenters. The van der Waals surface area contributed by atoms with Gasteiger partial charge in [-0.3, -0.25) is 4.79 Å². The van der Waals surface area contributed by atoms with Gasteiger partial charge in [0.25, 0.3) is 0 Å². The van der Waals surface area contributed by atoms with Crippen molar-refractivity contribution in [2.75, 3.05) is 13.2 Å². The summed E-state index contributed by atoms with van der Waals surface area (Å²) in [5, 5.41) is 37.3. The van der Waals surface area contributed by atoms with Crippen LogP contribution in [0, 0.1) is 6.92 Å². The zero-order valence-corrected chi connectivity index (χ0v) is 42.9. The lowest BCUT2D eigenvalue weighted by Crippen LogP contribution is -2.22. The van der Waals surface area contributed by atoms with Gasteiger partial charge < -0.3 is 29.4 Å². The highest BCUT2D eigenvalue weighted by Crippen LogP contribution is 2.43. The van der Waals surface area contributed by atoms with Gasteiger partial charge in [0.1, 0.15) is 34.2 Å². The molecule has 0 aliphatic heterocycles. The van der Waals surface area contributed by atoms with Gasteiger partial charge in [-0.1, -0.05) is 132 Å². The summed E-state index contributed by atoms with van der Waals surface area (Å²) in [6, 6.07) is 20.2. The lowest BCUT2D eigenvalue weighted by Gasteiger charge is -2.27. The number of ether oxygens (including phenoxy) is 2. The van der Waals surface area contributed by atoms with Gasteiger partial charge in [-0.15, -0.1) is 0 Å². The number of carbonyl (C=O) groups is 1. The molecule has 2 heterocycles. The van der Waals surface area contributed by atoms with Gasteiger partial charge in [-0.05, 0) is 114 Å². The molecule has 68 heavy (non-hydrogen) atoms. The van der Waals surface area contributed by atoms with Crippen LogP contribution in [0.15, 0.2) is 71.7 Å². The molecule has 0 saturated heterocycles. The first kappa shape index (κ1) is 49.8. The molecule has 0 spiro atoms. The fraction of sp³-hybridized carbons (Fsp3) is 0.441. The largest absolute Gasteiger partial charge is 0.507 e. The molecule has 7 rings (SSSR count). The third-order valence-corrected chi connectivity index (χ3v) is 13.4. The van der Waals surface area contributed by atoms with Crippen molar-refractivity contribution in [3.8, 4) is 23.0 Å². The number of aromatic hydroxyl groups is 3. The number of pyridine rings is 2. The van der Waals surface area contributed by atoms with Crippen LogP contribution in [0.3, 0.4) is 0 Å². The smallest absolute Gasteiger partial charge is 0.343 e. The van der Waals surface area contributed by atoms with E-state index in [2.05, 4.69) is 137 Å². The summed E-state index contributed by atoms with van der Waals surface area (Å²) < 4.78 is 14.4. The van der Waals surface area contributed by atoms with E-state index in [9.17, 15) is 24.9 Å². The standard InChI is InChI=1S/C59H72N2O7/c1-15-61-33-48(52(65)47-18-17-34(2)60-54(47)61)55(66)68-20-16-19-67-53-41-23-39-29-44(57(6,7)8)27-37(50(39)63)21-35-25-43(56(3,4)5)26-36(49(35)62)22-38-28-45(58(9,10)11)30-40(51(38)64)24-42(53)32-46(31-41)59(12,13)14/h17-18,25-33,62-64H,15-16,19-24H2,1-14H3. The van der Waals surface area contributed by atoms with Crippen LogP contribution in [-0.2, 0) is 58.6 Å². The maximum Gasteiger partial charge on any atom is 0.343 e. The van der Waals surface area contributed by atoms with Crippen molar-refractivity contribution >= 4 is 17.0 Å². The number of hydrogen-bond donors (Lipinski definition) is 3. The van der Waals surface area contributed by atoms with E-state index in [0.717, 1.165) is 50.2 Å². The molecule has 9 nitrogen and oxygen atoms in total. The predicted molar refractivity (Wildman–Crippen MR) is 274 cm³/mol. The van der Waals surface area contributed by atoms with Crippen LogP contribution in [0.1, 0.15) is 179 Å². The topological polar surface area (TPSA) is 131 Å². The van der Waals surface area contributed by atoms with Gasteiger partial charge in [-0.2, -0.15) is 0 Å². The van der Waals surface area contributed by atoms with Crippen molar-refractivity contribution in [2.24, 2.45) is 0 Å². The van der Waals surface area contributed by atoms with E-state index in [1.807, 2.05) is 13.8 Å². The maximum atomic E-state index is 13.5. The number of benzene rings is 4. The van der Waals surface area contributed by atoms with Gasteiger partial charge in [0.05, 0.1) is 18.6 Å². The van der Waals surface area contributed by atoms with Crippen molar-refractivity contribution in [1.29, 1.82) is 0 Å². The molecular formula is C59H72N2O7. The van der Waals surface area contributed by atoms with Crippen LogP contribution in [0.5, 0.6) is 23.0 Å². The van der Waals surface area contributed by atoms with Gasteiger partial charge in [0.2, 0.25) is 5.43 Å². The van der Waals surface area contributed by atoms with Crippen molar-refractivity contribution in [1.82, 2.24) is 9.55 Å². The Balaban J connectivity index is 1.36. The molecule has 0 fully saturated rings. The predicted octanol–water partition coefficient (Wildman–Crippen LogP) is 12.3. The second-order valence-corrected chi connectivity index (χ2v) is 23.1. The number of phenolic OH excluding ortho intramolecular Hbond substituents is 3. The summed E-state index contributed by atoms with van der Waals surface area (Å²) in [4.78, 5) is 31.5. The molecule has 0 amide bonds. The van der Waals surface area contributed by atoms with E-state index in [0.29, 0.717) is 77.7 Å². The SMILES string of the molecule is CCn1cc(C(=O)OCCCOc2c3cc(C(C)(C)C)cc2Cc2cc(C(C)(C)C)cc(c2O)Cc2cc(C(C)(C)C)cc(c2O)Cc2cc(C(C)(C)C)cc(c2O)C3)c(=O)c2ccc(C)nc21. The van der Waals surface area contributed by atoms with Crippen LogP contribution >= 0.6 is 0 Å². The number of aryl methyl sites for hydroxylation is 2. The number of rotatable bonds is 7. The molecule has 0 atom stereocenters. The van der Waals surface area contributed by atoms with E-state index >= 15 is 0 Å². The first-order valence-electron chi connectivity index (χ1n) is 24.2. The minimum atomic E-state index is -0.701. The van der Waals surface area contributed by atoms with Gasteiger partial charge >= 0.3 is 5.97 Å². The monoisotopic (exact) mass is 921 g/mol. The Labute approximate surface area is 403 Å². The molecule has 9 heteroatoms. The molecule has 2 aromatic heterocycles. The number of hydrogen-bond acceptors (Lipinski definition) is 8. The highest BCUT2D eigenvalue weighted by molar-refractivity contribution is 5.93. The van der Waals surface area contributed by atoms with E-state index in [1.54, 1.807) is 16.7 Å². The zero-order chi connectivity index (χ0) is 49.8. The summed E-state index contributed by atoms with van der Waals surface area (Å²) in [6.45, 7) is 30.5. The van der Waals surface area contributed by atoms with Crippen LogP contribution in [0.4, 0.5) is 0 Å². The second kappa shape index (κ2) is 18.4. The Kier molecular flexibility index (Phi) is 13.5. The molecule has 0 saturated carbocycles. The lowest BCUT2D eigenvalue weighted by atomic mass is 9.79. The Morgan fingerprint density at radius 3 is 1.32 bits per heavy atom. The first-order chi connectivity index (χ1) is 31.6. The molecule has 1 aliphatic carbocycles. The van der Waals surface area contributed by atoms with Crippen LogP contribution in [0.2, 0.25) is 0 Å². The van der Waals surface area contributed by atoms with Crippen molar-refractivity contribution in [3.05, 3.63) is 155 Å². The van der Waals surface area contributed by atoms with Gasteiger partial charge in [0.15, 0.2) is 0 Å². The summed E-state index contributed by atoms with van der Waals surface area (Å²) in [6.07, 6.45) is 3.13. The average molecular weight is 921 g/mol. The molecule has 360 valence electrons. The van der Waals surface area contributed by atoms with E-state index < -0.39 is 11.4 Å². The summed E-state index contributed by atoms with van der Waals surface area (Å²) in [5.74, 6) is 0.451. The van der Waals surface area contributed by atoms with E-state index in [1.165, 1.54) is 6.20 Å². The fourth-order valence-corrected chi connectivity index (χ4v) is 9.07. The molecule has 0 radical (unpaired) electrons. The maximum absolute atomic E-state index is 13.5. The Morgan fingerprint density at radius 2 is 0.956 bits per heavy atom. The van der Waals surface area contributed by atoms with Crippen molar-refractivity contribution in [2.45, 2.75) is 157 Å². The normalized spacial score (nSPS) is 13.4. The number of fused-ring (bicyclic) bond motifs is 9. The van der Waals surface area contributed by atoms with Gasteiger partial charge in [-0.25, -0.2) is 9.78 Å². The van der Waals surface area contributed by atoms with Crippen LogP contribution < -0.4 is 10.2 Å². The lowest BCUT2D eigenvalue weighted by molar-refractivity contribution is 0.0483. The van der Waals surface area contributed by atoms with Crippen molar-refractivity contribution < 1.29 is 29.6 Å². The summed E-state index contributed by atoms with van der Waals surface area (Å²) >= 11 is 0. The summed E-state index contributed by atoms with van der Waals surface area (Å²) in [5.41, 5.74) is 10.1. The highest BCUT2D eigenvalue weighted by atomic mass is 16.5. The van der Waals surface area contributed by atoms with Crippen LogP contribution in [0.25, 0.3) is 11.0 Å². The minimum absolute atomic E-state index is 0.0127. The molecule has 8 bridgehead atoms. The average Bonchev–Trinajstić information content (AvgIpc) is 3.23. The quantitative estimate of drug-likeness (QED) is 0.106. The molecular weight excluding hydrogens is 849 g/mol. The number of nitrogens with zero attached hydrogens (tertiary/aromatic N) is 2. The van der Waals surface area contributed by atoms with Crippen molar-refractivity contribution in [3.63, 3.8) is 0 Å². The Hall–Kier alpha value is -6.09. The highest BCUT2D eigenvalue weighted by Gasteiger charge is 2.28. The van der Waals surface area contributed by atoms with E-state index in [4.69, 9.17) is 9.47 Å². The second-order valence-electron chi connectivity index (χ2n) is 23.1. The van der Waals surface area contributed by atoms with Crippen LogP contribution in [-0.4, -0.2) is 44.1 Å². The third-order valence-electron chi connectivity index (χ3n) is 13.4. The fourth-order valence-electron chi connectivity index (χ4n) is 9.07. The molecule has 3 N–H and O–H groups in total. The number of phenols is 3. The molecule has 1 aliphatic rings. The Morgan fingerprint density at radius 1 is 0.588 bits per heavy atom. The minimum Gasteiger partial charge on any atom is -0.507 e. The summed E-state index contributed by atoms with van der Waals surface area (Å²) in [7, 11) is 0. The number of esters is 1. The number of aromatic nitrogens is 2. The number of carbonyl (C=O) groups excluding carboxylic acids is 1. The van der Waals surface area contributed by atoms with E-state index in [-0.39, 0.29) is 57.7 Å². The zero-order valence-electron chi connectivity index (χ0n) is 42.9.